The molecule has 0 unspecified atom stereocenters. The lowest BCUT2D eigenvalue weighted by Gasteiger charge is -2.07. The molecule has 0 radical (unpaired) electrons. The van der Waals surface area contributed by atoms with Gasteiger partial charge in [0.05, 0.1) is 10.7 Å². The number of nitrogens with two attached hydrogens (primary N) is 1. The first-order chi connectivity index (χ1) is 8.19. The maximum Gasteiger partial charge on any atom is 0.322 e. The summed E-state index contributed by atoms with van der Waals surface area (Å²) < 4.78 is 5.52. The zero-order chi connectivity index (χ0) is 12.3. The Morgan fingerprint density at radius 3 is 2.76 bits per heavy atom. The van der Waals surface area contributed by atoms with E-state index in [-0.39, 0.29) is 6.01 Å². The van der Waals surface area contributed by atoms with Gasteiger partial charge >= 0.3 is 6.01 Å². The highest BCUT2D eigenvalue weighted by Gasteiger charge is 2.06. The van der Waals surface area contributed by atoms with Crippen LogP contribution in [0, 0.1) is 6.92 Å². The minimum absolute atomic E-state index is 0.263. The summed E-state index contributed by atoms with van der Waals surface area (Å²) in [5.74, 6) is 0.530. The van der Waals surface area contributed by atoms with Crippen LogP contribution in [0.5, 0.6) is 11.8 Å². The van der Waals surface area contributed by atoms with E-state index < -0.39 is 0 Å². The maximum atomic E-state index is 5.98. The molecule has 0 bridgehead atoms. The maximum absolute atomic E-state index is 5.98. The molecule has 88 valence electrons. The van der Waals surface area contributed by atoms with E-state index in [9.17, 15) is 0 Å². The molecule has 5 heteroatoms. The number of hydrogen-bond donors (Lipinski definition) is 1. The second-order valence-corrected chi connectivity index (χ2v) is 3.93. The number of aromatic nitrogens is 2. The molecule has 0 spiro atoms. The van der Waals surface area contributed by atoms with Gasteiger partial charge in [-0.2, -0.15) is 4.98 Å². The average molecular weight is 250 g/mol. The molecule has 0 saturated carbocycles. The number of para-hydroxylation sites is 1. The van der Waals surface area contributed by atoms with Crippen molar-refractivity contribution in [1.82, 2.24) is 9.97 Å². The Balaban J connectivity index is 2.30. The summed E-state index contributed by atoms with van der Waals surface area (Å²) in [6, 6.07) is 9.25. The first-order valence-electron chi connectivity index (χ1n) is 5.16. The summed E-state index contributed by atoms with van der Waals surface area (Å²) >= 11 is 5.98. The van der Waals surface area contributed by atoms with Gasteiger partial charge in [0, 0.05) is 12.2 Å². The quantitative estimate of drug-likeness (QED) is 0.909. The lowest BCUT2D eigenvalue weighted by Crippen LogP contribution is -2.03. The van der Waals surface area contributed by atoms with E-state index in [1.54, 1.807) is 12.1 Å². The molecule has 2 rings (SSSR count). The van der Waals surface area contributed by atoms with Crippen LogP contribution in [0.4, 0.5) is 0 Å². The number of nitrogens with zero attached hydrogens (tertiary/aromatic N) is 2. The Labute approximate surface area is 104 Å². The highest BCUT2D eigenvalue weighted by Crippen LogP contribution is 2.26. The third-order valence-electron chi connectivity index (χ3n) is 2.13. The van der Waals surface area contributed by atoms with Crippen molar-refractivity contribution in [3.63, 3.8) is 0 Å². The fourth-order valence-electron chi connectivity index (χ4n) is 1.38. The van der Waals surface area contributed by atoms with Crippen molar-refractivity contribution in [3.8, 4) is 11.8 Å². The predicted molar refractivity (Wildman–Crippen MR) is 66.2 cm³/mol. The topological polar surface area (TPSA) is 61.0 Å². The van der Waals surface area contributed by atoms with Crippen LogP contribution in [0.15, 0.2) is 30.3 Å². The van der Waals surface area contributed by atoms with Crippen molar-refractivity contribution in [1.29, 1.82) is 0 Å². The Bertz CT molecular complexity index is 531. The van der Waals surface area contributed by atoms with Crippen LogP contribution in [-0.4, -0.2) is 9.97 Å². The largest absolute Gasteiger partial charge is 0.423 e. The Kier molecular flexibility index (Phi) is 3.56. The average Bonchev–Trinajstić information content (AvgIpc) is 2.31. The van der Waals surface area contributed by atoms with Gasteiger partial charge in [-0.3, -0.25) is 0 Å². The smallest absolute Gasteiger partial charge is 0.322 e. The van der Waals surface area contributed by atoms with Crippen LogP contribution in [0.3, 0.4) is 0 Å². The van der Waals surface area contributed by atoms with Gasteiger partial charge in [-0.15, -0.1) is 0 Å². The highest BCUT2D eigenvalue weighted by atomic mass is 35.5. The van der Waals surface area contributed by atoms with E-state index in [0.29, 0.717) is 17.3 Å². The minimum atomic E-state index is 0.263. The van der Waals surface area contributed by atoms with Gasteiger partial charge in [0.1, 0.15) is 5.75 Å². The number of aryl methyl sites for hydroxylation is 1. The van der Waals surface area contributed by atoms with Crippen molar-refractivity contribution >= 4 is 11.6 Å². The van der Waals surface area contributed by atoms with Crippen molar-refractivity contribution in [2.75, 3.05) is 0 Å². The van der Waals surface area contributed by atoms with Gasteiger partial charge in [-0.1, -0.05) is 23.7 Å². The second-order valence-electron chi connectivity index (χ2n) is 3.52. The number of rotatable bonds is 3. The molecule has 1 heterocycles. The van der Waals surface area contributed by atoms with Gasteiger partial charge in [-0.05, 0) is 25.1 Å². The first-order valence-corrected chi connectivity index (χ1v) is 5.54. The van der Waals surface area contributed by atoms with Crippen LogP contribution in [0.2, 0.25) is 5.02 Å². The number of halogens is 1. The SMILES string of the molecule is Cc1cc(CN)nc(Oc2ccccc2Cl)n1. The molecule has 1 aromatic heterocycles. The fraction of sp³-hybridized carbons (Fsp3) is 0.167. The van der Waals surface area contributed by atoms with E-state index in [1.807, 2.05) is 25.1 Å². The van der Waals surface area contributed by atoms with Gasteiger partial charge in [0.15, 0.2) is 0 Å². The van der Waals surface area contributed by atoms with E-state index in [2.05, 4.69) is 9.97 Å². The van der Waals surface area contributed by atoms with Crippen molar-refractivity contribution < 1.29 is 4.74 Å². The molecular weight excluding hydrogens is 238 g/mol. The molecule has 0 saturated heterocycles. The fourth-order valence-corrected chi connectivity index (χ4v) is 1.55. The molecule has 0 aliphatic rings. The molecule has 2 N–H and O–H groups in total. The summed E-state index contributed by atoms with van der Waals surface area (Å²) in [7, 11) is 0. The zero-order valence-electron chi connectivity index (χ0n) is 9.35. The molecule has 17 heavy (non-hydrogen) atoms. The third kappa shape index (κ3) is 2.93. The summed E-state index contributed by atoms with van der Waals surface area (Å²) in [6.07, 6.45) is 0. The van der Waals surface area contributed by atoms with Crippen molar-refractivity contribution in [2.24, 2.45) is 5.73 Å². The highest BCUT2D eigenvalue weighted by molar-refractivity contribution is 6.32. The Morgan fingerprint density at radius 1 is 1.29 bits per heavy atom. The van der Waals surface area contributed by atoms with Gasteiger partial charge in [-0.25, -0.2) is 4.98 Å². The molecule has 0 aliphatic carbocycles. The summed E-state index contributed by atoms with van der Waals surface area (Å²) in [5, 5.41) is 0.520. The van der Waals surface area contributed by atoms with Gasteiger partial charge in [0.25, 0.3) is 0 Å². The van der Waals surface area contributed by atoms with Crippen LogP contribution in [0.1, 0.15) is 11.4 Å². The number of hydrogen-bond acceptors (Lipinski definition) is 4. The lowest BCUT2D eigenvalue weighted by atomic mass is 10.3. The Hall–Kier alpha value is -1.65. The second kappa shape index (κ2) is 5.12. The van der Waals surface area contributed by atoms with Crippen molar-refractivity contribution in [2.45, 2.75) is 13.5 Å². The normalized spacial score (nSPS) is 10.3. The van der Waals surface area contributed by atoms with E-state index in [0.717, 1.165) is 11.4 Å². The molecule has 2 aromatic rings. The molecular formula is C12H12ClN3O. The molecule has 0 aliphatic heterocycles. The summed E-state index contributed by atoms with van der Waals surface area (Å²) in [5.41, 5.74) is 7.08. The van der Waals surface area contributed by atoms with Crippen LogP contribution in [0.25, 0.3) is 0 Å². The summed E-state index contributed by atoms with van der Waals surface area (Å²) in [6.45, 7) is 2.21. The number of benzene rings is 1. The third-order valence-corrected chi connectivity index (χ3v) is 2.45. The van der Waals surface area contributed by atoms with E-state index in [4.69, 9.17) is 22.1 Å². The van der Waals surface area contributed by atoms with Crippen LogP contribution in [-0.2, 0) is 6.54 Å². The predicted octanol–water partition coefficient (Wildman–Crippen LogP) is 2.69. The van der Waals surface area contributed by atoms with Crippen molar-refractivity contribution in [3.05, 3.63) is 46.7 Å². The Morgan fingerprint density at radius 2 is 2.06 bits per heavy atom. The molecule has 0 fully saturated rings. The first kappa shape index (κ1) is 11.8. The van der Waals surface area contributed by atoms with Gasteiger partial charge in [0.2, 0.25) is 0 Å². The number of ether oxygens (including phenoxy) is 1. The minimum Gasteiger partial charge on any atom is -0.423 e. The summed E-state index contributed by atoms with van der Waals surface area (Å²) in [4.78, 5) is 8.34. The molecule has 0 amide bonds. The van der Waals surface area contributed by atoms with Crippen LogP contribution < -0.4 is 10.5 Å². The monoisotopic (exact) mass is 249 g/mol. The van der Waals surface area contributed by atoms with Crippen LogP contribution >= 0.6 is 11.6 Å². The van der Waals surface area contributed by atoms with Gasteiger partial charge < -0.3 is 10.5 Å². The van der Waals surface area contributed by atoms with E-state index >= 15 is 0 Å². The lowest BCUT2D eigenvalue weighted by molar-refractivity contribution is 0.438. The molecule has 1 aromatic carbocycles. The molecule has 4 nitrogen and oxygen atoms in total. The standard InChI is InChI=1S/C12H12ClN3O/c1-8-6-9(7-14)16-12(15-8)17-11-5-3-2-4-10(11)13/h2-6H,7,14H2,1H3. The zero-order valence-corrected chi connectivity index (χ0v) is 10.1. The van der Waals surface area contributed by atoms with E-state index in [1.165, 1.54) is 0 Å². The molecule has 0 atom stereocenters.